The zero-order valence-electron chi connectivity index (χ0n) is 8.76. The second-order valence-corrected chi connectivity index (χ2v) is 3.74. The van der Waals surface area contributed by atoms with Gasteiger partial charge in [0.2, 0.25) is 5.91 Å². The Balaban J connectivity index is 2.81. The van der Waals surface area contributed by atoms with Crippen molar-refractivity contribution in [1.82, 2.24) is 4.42 Å². The van der Waals surface area contributed by atoms with Crippen LogP contribution in [0.3, 0.4) is 0 Å². The Bertz CT molecular complexity index is 380. The van der Waals surface area contributed by atoms with Gasteiger partial charge in [-0.25, -0.2) is 9.21 Å². The van der Waals surface area contributed by atoms with Crippen molar-refractivity contribution in [2.75, 3.05) is 0 Å². The molecule has 1 amide bonds. The Morgan fingerprint density at radius 3 is 2.38 bits per heavy atom. The van der Waals surface area contributed by atoms with Crippen molar-refractivity contribution >= 4 is 23.7 Å². The van der Waals surface area contributed by atoms with E-state index in [0.717, 1.165) is 9.98 Å². The summed E-state index contributed by atoms with van der Waals surface area (Å²) in [6.07, 6.45) is 0.194. The largest absolute Gasteiger partial charge is 0.480 e. The minimum Gasteiger partial charge on any atom is -0.480 e. The summed E-state index contributed by atoms with van der Waals surface area (Å²) in [5.74, 6) is -1.60. The summed E-state index contributed by atoms with van der Waals surface area (Å²) in [4.78, 5) is 22.0. The molecule has 0 spiro atoms. The SMILES string of the molecule is CC(=O)N(Cl)[C@@H](Cc1ccccc1)C(=O)O. The van der Waals surface area contributed by atoms with Crippen molar-refractivity contribution in [3.8, 4) is 0 Å². The summed E-state index contributed by atoms with van der Waals surface area (Å²) in [6.45, 7) is 1.23. The maximum absolute atomic E-state index is 11.0. The number of carboxylic acids is 1. The molecule has 0 saturated carbocycles. The molecule has 1 aromatic rings. The number of amides is 1. The topological polar surface area (TPSA) is 57.6 Å². The Hall–Kier alpha value is -1.55. The van der Waals surface area contributed by atoms with Crippen LogP contribution in [0.2, 0.25) is 0 Å². The predicted molar refractivity (Wildman–Crippen MR) is 59.9 cm³/mol. The van der Waals surface area contributed by atoms with Gasteiger partial charge in [0, 0.05) is 25.1 Å². The first-order valence-electron chi connectivity index (χ1n) is 4.74. The number of carboxylic acid groups (broad SMARTS) is 1. The quantitative estimate of drug-likeness (QED) is 0.816. The van der Waals surface area contributed by atoms with E-state index in [4.69, 9.17) is 16.9 Å². The van der Waals surface area contributed by atoms with Gasteiger partial charge in [-0.3, -0.25) is 4.79 Å². The average Bonchev–Trinajstić information content (AvgIpc) is 2.26. The van der Waals surface area contributed by atoms with Crippen LogP contribution in [-0.4, -0.2) is 27.4 Å². The average molecular weight is 242 g/mol. The van der Waals surface area contributed by atoms with Crippen molar-refractivity contribution in [2.45, 2.75) is 19.4 Å². The van der Waals surface area contributed by atoms with E-state index in [2.05, 4.69) is 0 Å². The van der Waals surface area contributed by atoms with E-state index in [-0.39, 0.29) is 6.42 Å². The molecule has 5 heteroatoms. The van der Waals surface area contributed by atoms with Crippen LogP contribution in [0.25, 0.3) is 0 Å². The van der Waals surface area contributed by atoms with Gasteiger partial charge in [-0.2, -0.15) is 0 Å². The van der Waals surface area contributed by atoms with E-state index in [1.165, 1.54) is 6.92 Å². The summed E-state index contributed by atoms with van der Waals surface area (Å²) < 4.78 is 0.718. The van der Waals surface area contributed by atoms with Gasteiger partial charge in [0.1, 0.15) is 6.04 Å². The highest BCUT2D eigenvalue weighted by atomic mass is 35.5. The molecule has 1 rings (SSSR count). The van der Waals surface area contributed by atoms with Crippen molar-refractivity contribution in [1.29, 1.82) is 0 Å². The molecule has 0 aromatic heterocycles. The van der Waals surface area contributed by atoms with Crippen LogP contribution in [0.1, 0.15) is 12.5 Å². The van der Waals surface area contributed by atoms with Crippen molar-refractivity contribution < 1.29 is 14.7 Å². The van der Waals surface area contributed by atoms with Gasteiger partial charge in [0.15, 0.2) is 0 Å². The monoisotopic (exact) mass is 241 g/mol. The van der Waals surface area contributed by atoms with Crippen LogP contribution < -0.4 is 0 Å². The lowest BCUT2D eigenvalue weighted by Gasteiger charge is -2.20. The number of aliphatic carboxylic acids is 1. The maximum Gasteiger partial charge on any atom is 0.328 e. The van der Waals surface area contributed by atoms with Crippen LogP contribution in [-0.2, 0) is 16.0 Å². The molecule has 0 fully saturated rings. The minimum absolute atomic E-state index is 0.194. The number of nitrogens with zero attached hydrogens (tertiary/aromatic N) is 1. The summed E-state index contributed by atoms with van der Waals surface area (Å²) >= 11 is 5.63. The van der Waals surface area contributed by atoms with Crippen LogP contribution in [0.15, 0.2) is 30.3 Å². The third-order valence-corrected chi connectivity index (χ3v) is 2.61. The van der Waals surface area contributed by atoms with Gasteiger partial charge in [0.05, 0.1) is 0 Å². The molecule has 0 aliphatic heterocycles. The first kappa shape index (κ1) is 12.5. The summed E-state index contributed by atoms with van der Waals surface area (Å²) in [7, 11) is 0. The van der Waals surface area contributed by atoms with Crippen LogP contribution in [0, 0.1) is 0 Å². The molecule has 0 radical (unpaired) electrons. The van der Waals surface area contributed by atoms with Gasteiger partial charge < -0.3 is 5.11 Å². The van der Waals surface area contributed by atoms with E-state index >= 15 is 0 Å². The zero-order chi connectivity index (χ0) is 12.1. The molecule has 0 aliphatic carbocycles. The summed E-state index contributed by atoms with van der Waals surface area (Å²) in [5.41, 5.74) is 0.821. The fraction of sp³-hybridized carbons (Fsp3) is 0.273. The van der Waals surface area contributed by atoms with Gasteiger partial charge in [-0.1, -0.05) is 30.3 Å². The normalized spacial score (nSPS) is 11.9. The molecule has 86 valence electrons. The summed E-state index contributed by atoms with van der Waals surface area (Å²) in [5, 5.41) is 8.98. The number of carbonyl (C=O) groups is 2. The molecular formula is C11H12ClNO3. The van der Waals surface area contributed by atoms with E-state index < -0.39 is 17.9 Å². The Morgan fingerprint density at radius 2 is 1.94 bits per heavy atom. The number of hydrogen-bond acceptors (Lipinski definition) is 2. The standard InChI is InChI=1S/C11H12ClNO3/c1-8(14)13(12)10(11(15)16)7-9-5-3-2-4-6-9/h2-6,10H,7H2,1H3,(H,15,16)/t10-/m0/s1. The van der Waals surface area contributed by atoms with Gasteiger partial charge in [-0.05, 0) is 5.56 Å². The highest BCUT2D eigenvalue weighted by Gasteiger charge is 2.26. The Labute approximate surface area is 98.5 Å². The van der Waals surface area contributed by atoms with E-state index in [1.807, 2.05) is 6.07 Å². The third kappa shape index (κ3) is 3.24. The maximum atomic E-state index is 11.0. The van der Waals surface area contributed by atoms with Crippen LogP contribution >= 0.6 is 11.8 Å². The van der Waals surface area contributed by atoms with Gasteiger partial charge >= 0.3 is 5.97 Å². The van der Waals surface area contributed by atoms with E-state index in [1.54, 1.807) is 24.3 Å². The Kier molecular flexibility index (Phi) is 4.31. The predicted octanol–water partition coefficient (Wildman–Crippen LogP) is 1.68. The smallest absolute Gasteiger partial charge is 0.328 e. The zero-order valence-corrected chi connectivity index (χ0v) is 9.52. The molecule has 1 atom stereocenters. The van der Waals surface area contributed by atoms with Crippen LogP contribution in [0.5, 0.6) is 0 Å². The number of halogens is 1. The lowest BCUT2D eigenvalue weighted by atomic mass is 10.1. The highest BCUT2D eigenvalue weighted by Crippen LogP contribution is 2.12. The molecular weight excluding hydrogens is 230 g/mol. The second-order valence-electron chi connectivity index (χ2n) is 3.37. The highest BCUT2D eigenvalue weighted by molar-refractivity contribution is 6.22. The van der Waals surface area contributed by atoms with E-state index in [9.17, 15) is 9.59 Å². The minimum atomic E-state index is -1.12. The second kappa shape index (κ2) is 5.51. The fourth-order valence-electron chi connectivity index (χ4n) is 1.32. The number of hydrogen-bond donors (Lipinski definition) is 1. The number of benzene rings is 1. The number of carbonyl (C=O) groups excluding carboxylic acids is 1. The van der Waals surface area contributed by atoms with Crippen molar-refractivity contribution in [3.05, 3.63) is 35.9 Å². The lowest BCUT2D eigenvalue weighted by Crippen LogP contribution is -2.39. The van der Waals surface area contributed by atoms with Gasteiger partial charge in [0.25, 0.3) is 0 Å². The lowest BCUT2D eigenvalue weighted by molar-refractivity contribution is -0.145. The fourth-order valence-corrected chi connectivity index (χ4v) is 1.47. The molecule has 16 heavy (non-hydrogen) atoms. The molecule has 0 bridgehead atoms. The molecule has 4 nitrogen and oxygen atoms in total. The molecule has 1 N–H and O–H groups in total. The first-order chi connectivity index (χ1) is 7.52. The van der Waals surface area contributed by atoms with Crippen molar-refractivity contribution in [3.63, 3.8) is 0 Å². The van der Waals surface area contributed by atoms with Crippen molar-refractivity contribution in [2.24, 2.45) is 0 Å². The molecule has 0 unspecified atom stereocenters. The van der Waals surface area contributed by atoms with E-state index in [0.29, 0.717) is 0 Å². The molecule has 0 heterocycles. The Morgan fingerprint density at radius 1 is 1.38 bits per heavy atom. The first-order valence-corrected chi connectivity index (χ1v) is 5.08. The molecule has 0 aliphatic rings. The number of rotatable bonds is 4. The molecule has 1 aromatic carbocycles. The van der Waals surface area contributed by atoms with Crippen LogP contribution in [0.4, 0.5) is 0 Å². The summed E-state index contributed by atoms with van der Waals surface area (Å²) in [6, 6.07) is 7.99. The van der Waals surface area contributed by atoms with Gasteiger partial charge in [-0.15, -0.1) is 0 Å². The molecule has 0 saturated heterocycles. The third-order valence-electron chi connectivity index (χ3n) is 2.13.